The minimum absolute atomic E-state index is 0.0888. The smallest absolute Gasteiger partial charge is 0.338 e. The van der Waals surface area contributed by atoms with Gasteiger partial charge in [-0.1, -0.05) is 72.3 Å². The number of halogens is 1. The van der Waals surface area contributed by atoms with E-state index in [0.29, 0.717) is 38.0 Å². The first-order valence-electron chi connectivity index (χ1n) is 13.0. The highest BCUT2D eigenvalue weighted by atomic mass is 35.5. The third-order valence-electron chi connectivity index (χ3n) is 6.62. The van der Waals surface area contributed by atoms with Crippen molar-refractivity contribution in [3.8, 4) is 5.75 Å². The van der Waals surface area contributed by atoms with E-state index in [2.05, 4.69) is 11.9 Å². The molecular formula is C31H29ClN2O5S. The lowest BCUT2D eigenvalue weighted by atomic mass is 9.96. The molecule has 9 heteroatoms. The number of fused-ring (bicyclic) bond motifs is 2. The van der Waals surface area contributed by atoms with Gasteiger partial charge in [0.25, 0.3) is 5.56 Å². The molecule has 0 N–H and O–H groups in total. The Morgan fingerprint density at radius 1 is 1.07 bits per heavy atom. The lowest BCUT2D eigenvalue weighted by molar-refractivity contribution is -0.140. The summed E-state index contributed by atoms with van der Waals surface area (Å²) >= 11 is 7.45. The van der Waals surface area contributed by atoms with Crippen LogP contribution in [-0.4, -0.2) is 37.5 Å². The van der Waals surface area contributed by atoms with E-state index in [9.17, 15) is 9.59 Å². The molecule has 2 heterocycles. The molecule has 5 rings (SSSR count). The van der Waals surface area contributed by atoms with Gasteiger partial charge in [-0.25, -0.2) is 9.79 Å². The van der Waals surface area contributed by atoms with Gasteiger partial charge in [0.15, 0.2) is 4.80 Å². The summed E-state index contributed by atoms with van der Waals surface area (Å²) in [7, 11) is 1.54. The zero-order chi connectivity index (χ0) is 28.2. The first kappa shape index (κ1) is 27.8. The number of allylic oxidation sites excluding steroid dienone is 1. The van der Waals surface area contributed by atoms with Gasteiger partial charge in [0.05, 0.1) is 35.1 Å². The number of benzene rings is 3. The predicted octanol–water partition coefficient (Wildman–Crippen LogP) is 5.02. The van der Waals surface area contributed by atoms with Crippen molar-refractivity contribution in [3.63, 3.8) is 0 Å². The lowest BCUT2D eigenvalue weighted by Crippen LogP contribution is -2.40. The molecule has 1 aliphatic heterocycles. The third kappa shape index (κ3) is 5.47. The Morgan fingerprint density at radius 2 is 1.85 bits per heavy atom. The van der Waals surface area contributed by atoms with Gasteiger partial charge >= 0.3 is 5.97 Å². The minimum Gasteiger partial charge on any atom is -0.493 e. The number of carbonyl (C=O) groups is 1. The Morgan fingerprint density at radius 3 is 2.60 bits per heavy atom. The van der Waals surface area contributed by atoms with Crippen LogP contribution in [0.1, 0.15) is 37.4 Å². The third-order valence-corrected chi connectivity index (χ3v) is 7.85. The molecule has 0 saturated heterocycles. The lowest BCUT2D eigenvalue weighted by Gasteiger charge is -2.24. The fraction of sp³-hybridized carbons (Fsp3) is 0.258. The molecule has 7 nitrogen and oxygen atoms in total. The van der Waals surface area contributed by atoms with Gasteiger partial charge in [-0.15, -0.1) is 0 Å². The molecule has 0 saturated carbocycles. The van der Waals surface area contributed by atoms with Crippen LogP contribution in [0.3, 0.4) is 0 Å². The van der Waals surface area contributed by atoms with Crippen LogP contribution in [0.15, 0.2) is 81.7 Å². The largest absolute Gasteiger partial charge is 0.493 e. The van der Waals surface area contributed by atoms with Crippen LogP contribution >= 0.6 is 22.9 Å². The summed E-state index contributed by atoms with van der Waals surface area (Å²) in [6.07, 6.45) is 2.73. The van der Waals surface area contributed by atoms with Gasteiger partial charge in [0.1, 0.15) is 12.4 Å². The number of ether oxygens (including phenoxy) is 3. The number of hydrogen-bond donors (Lipinski definition) is 0. The first-order valence-corrected chi connectivity index (χ1v) is 14.2. The van der Waals surface area contributed by atoms with Crippen molar-refractivity contribution in [1.82, 2.24) is 4.57 Å². The van der Waals surface area contributed by atoms with Gasteiger partial charge in [0, 0.05) is 17.7 Å². The maximum atomic E-state index is 14.1. The molecule has 0 aliphatic carbocycles. The summed E-state index contributed by atoms with van der Waals surface area (Å²) in [6.45, 7) is 4.72. The molecule has 1 atom stereocenters. The standard InChI is InChI=1S/C31H29ClN2O5S/c1-4-15-38-25-14-11-20-7-5-6-8-23(20)24(25)18-26-29(35)34-28(21-9-12-22(32)13-10-21)27(19(2)33-31(34)40-26)30(36)39-17-16-37-3/h5-14,18,28H,4,15-17H2,1-3H3. The summed E-state index contributed by atoms with van der Waals surface area (Å²) < 4.78 is 18.6. The number of methoxy groups -OCH3 is 1. The Hall–Kier alpha value is -3.72. The van der Waals surface area contributed by atoms with Crippen molar-refractivity contribution in [2.24, 2.45) is 4.99 Å². The van der Waals surface area contributed by atoms with Crippen LogP contribution < -0.4 is 19.6 Å². The predicted molar refractivity (Wildman–Crippen MR) is 158 cm³/mol. The van der Waals surface area contributed by atoms with E-state index in [1.165, 1.54) is 18.4 Å². The molecule has 1 aliphatic rings. The van der Waals surface area contributed by atoms with Crippen molar-refractivity contribution in [2.45, 2.75) is 26.3 Å². The molecule has 3 aromatic carbocycles. The van der Waals surface area contributed by atoms with Gasteiger partial charge in [-0.05, 0) is 54.0 Å². The Labute approximate surface area is 240 Å². The van der Waals surface area contributed by atoms with E-state index in [1.807, 2.05) is 54.6 Å². The van der Waals surface area contributed by atoms with Crippen molar-refractivity contribution in [1.29, 1.82) is 0 Å². The van der Waals surface area contributed by atoms with Crippen molar-refractivity contribution in [3.05, 3.63) is 108 Å². The SMILES string of the molecule is CCCOc1ccc2ccccc2c1C=c1sc2n(c1=O)C(c1ccc(Cl)cc1)C(C(=O)OCCOC)=C(C)N=2. The highest BCUT2D eigenvalue weighted by Gasteiger charge is 2.33. The fourth-order valence-corrected chi connectivity index (χ4v) is 5.89. The van der Waals surface area contributed by atoms with Crippen LogP contribution in [0.2, 0.25) is 5.02 Å². The highest BCUT2D eigenvalue weighted by Crippen LogP contribution is 2.32. The van der Waals surface area contributed by atoms with E-state index in [1.54, 1.807) is 23.6 Å². The molecular weight excluding hydrogens is 548 g/mol. The summed E-state index contributed by atoms with van der Waals surface area (Å²) in [5, 5.41) is 2.58. The van der Waals surface area contributed by atoms with E-state index in [0.717, 1.165) is 28.3 Å². The van der Waals surface area contributed by atoms with E-state index in [4.69, 9.17) is 25.8 Å². The fourth-order valence-electron chi connectivity index (χ4n) is 4.73. The van der Waals surface area contributed by atoms with E-state index in [-0.39, 0.29) is 18.8 Å². The average molecular weight is 577 g/mol. The van der Waals surface area contributed by atoms with Gasteiger partial charge in [-0.3, -0.25) is 9.36 Å². The second-order valence-electron chi connectivity index (χ2n) is 9.31. The summed E-state index contributed by atoms with van der Waals surface area (Å²) in [4.78, 5) is 32.5. The van der Waals surface area contributed by atoms with Crippen molar-refractivity contribution in [2.75, 3.05) is 26.9 Å². The molecule has 0 spiro atoms. The maximum absolute atomic E-state index is 14.1. The molecule has 206 valence electrons. The molecule has 1 unspecified atom stereocenters. The van der Waals surface area contributed by atoms with E-state index < -0.39 is 12.0 Å². The molecule has 0 fully saturated rings. The molecule has 0 bridgehead atoms. The maximum Gasteiger partial charge on any atom is 0.338 e. The quantitative estimate of drug-likeness (QED) is 0.206. The number of thiazole rings is 1. The average Bonchev–Trinajstić information content (AvgIpc) is 3.26. The van der Waals surface area contributed by atoms with Crippen LogP contribution in [0.4, 0.5) is 0 Å². The highest BCUT2D eigenvalue weighted by molar-refractivity contribution is 7.07. The van der Waals surface area contributed by atoms with Gasteiger partial charge in [0.2, 0.25) is 0 Å². The van der Waals surface area contributed by atoms with Crippen molar-refractivity contribution < 1.29 is 19.0 Å². The Balaban J connectivity index is 1.71. The summed E-state index contributed by atoms with van der Waals surface area (Å²) in [5.74, 6) is 0.163. The van der Waals surface area contributed by atoms with Gasteiger partial charge < -0.3 is 14.2 Å². The van der Waals surface area contributed by atoms with Crippen molar-refractivity contribution >= 4 is 45.8 Å². The number of esters is 1. The van der Waals surface area contributed by atoms with Gasteiger partial charge in [-0.2, -0.15) is 0 Å². The van der Waals surface area contributed by atoms with Crippen LogP contribution in [0.5, 0.6) is 5.75 Å². The monoisotopic (exact) mass is 576 g/mol. The number of nitrogens with zero attached hydrogens (tertiary/aromatic N) is 2. The first-order chi connectivity index (χ1) is 19.4. The molecule has 40 heavy (non-hydrogen) atoms. The molecule has 4 aromatic rings. The molecule has 0 radical (unpaired) electrons. The summed E-state index contributed by atoms with van der Waals surface area (Å²) in [6, 6.07) is 18.3. The molecule has 0 amide bonds. The number of carbonyl (C=O) groups excluding carboxylic acids is 1. The molecule has 1 aromatic heterocycles. The van der Waals surface area contributed by atoms with Crippen LogP contribution in [-0.2, 0) is 14.3 Å². The second kappa shape index (κ2) is 12.2. The second-order valence-corrected chi connectivity index (χ2v) is 10.8. The Kier molecular flexibility index (Phi) is 8.49. The van der Waals surface area contributed by atoms with Crippen LogP contribution in [0.25, 0.3) is 16.8 Å². The van der Waals surface area contributed by atoms with Crippen LogP contribution in [0, 0.1) is 0 Å². The number of hydrogen-bond acceptors (Lipinski definition) is 7. The zero-order valence-electron chi connectivity index (χ0n) is 22.5. The summed E-state index contributed by atoms with van der Waals surface area (Å²) in [5.41, 5.74) is 2.09. The van der Waals surface area contributed by atoms with E-state index >= 15 is 0 Å². The normalized spacial score (nSPS) is 15.2. The number of aromatic nitrogens is 1. The zero-order valence-corrected chi connectivity index (χ0v) is 24.1. The Bertz CT molecular complexity index is 1770. The topological polar surface area (TPSA) is 79.1 Å². The number of rotatable bonds is 9. The minimum atomic E-state index is -0.728.